The number of rotatable bonds is 6. The van der Waals surface area contributed by atoms with Gasteiger partial charge in [0.05, 0.1) is 5.92 Å². The summed E-state index contributed by atoms with van der Waals surface area (Å²) >= 11 is 0. The van der Waals surface area contributed by atoms with Gasteiger partial charge in [-0.1, -0.05) is 57.5 Å². The van der Waals surface area contributed by atoms with Crippen LogP contribution in [0.4, 0.5) is 0 Å². The minimum atomic E-state index is -0.00375. The molecular weight excluding hydrogens is 272 g/mol. The van der Waals surface area contributed by atoms with E-state index in [9.17, 15) is 4.79 Å². The van der Waals surface area contributed by atoms with Gasteiger partial charge >= 0.3 is 5.97 Å². The Hall–Kier alpha value is -1.31. The first-order valence-corrected chi connectivity index (χ1v) is 8.79. The van der Waals surface area contributed by atoms with Gasteiger partial charge in [0.2, 0.25) is 0 Å². The van der Waals surface area contributed by atoms with E-state index in [4.69, 9.17) is 4.74 Å². The molecule has 0 bridgehead atoms. The van der Waals surface area contributed by atoms with Crippen molar-refractivity contribution < 1.29 is 9.53 Å². The Labute approximate surface area is 135 Å². The molecule has 0 heterocycles. The minimum Gasteiger partial charge on any atom is -0.462 e. The Balaban J connectivity index is 1.75. The molecule has 0 radical (unpaired) electrons. The van der Waals surface area contributed by atoms with Gasteiger partial charge in [-0.2, -0.15) is 0 Å². The summed E-state index contributed by atoms with van der Waals surface area (Å²) in [4.78, 5) is 12.3. The van der Waals surface area contributed by atoms with Crippen molar-refractivity contribution in [2.45, 2.75) is 65.4 Å². The molecule has 2 nitrogen and oxygen atoms in total. The molecule has 2 heteroatoms. The molecular formula is C20H30O2. The summed E-state index contributed by atoms with van der Waals surface area (Å²) in [5, 5.41) is 0. The third-order valence-corrected chi connectivity index (χ3v) is 4.76. The van der Waals surface area contributed by atoms with E-state index < -0.39 is 0 Å². The van der Waals surface area contributed by atoms with Crippen LogP contribution < -0.4 is 0 Å². The van der Waals surface area contributed by atoms with Crippen LogP contribution in [0.25, 0.3) is 0 Å². The molecule has 0 aliphatic heterocycles. The van der Waals surface area contributed by atoms with Crippen molar-refractivity contribution in [1.29, 1.82) is 0 Å². The van der Waals surface area contributed by atoms with E-state index in [0.29, 0.717) is 11.8 Å². The van der Waals surface area contributed by atoms with Crippen molar-refractivity contribution in [3.63, 3.8) is 0 Å². The Morgan fingerprint density at radius 2 is 1.95 bits per heavy atom. The van der Waals surface area contributed by atoms with Gasteiger partial charge in [0.25, 0.3) is 0 Å². The second-order valence-electron chi connectivity index (χ2n) is 7.26. The van der Waals surface area contributed by atoms with Crippen molar-refractivity contribution >= 4 is 5.97 Å². The maximum atomic E-state index is 12.3. The SMILES string of the molecule is CC1CCCC(OC(=O)C(C)CC(C)Cc2ccccc2)C1. The average molecular weight is 302 g/mol. The lowest BCUT2D eigenvalue weighted by Gasteiger charge is -2.28. The van der Waals surface area contributed by atoms with Crippen LogP contribution >= 0.6 is 0 Å². The Bertz CT molecular complexity index is 454. The van der Waals surface area contributed by atoms with Gasteiger partial charge in [-0.15, -0.1) is 0 Å². The molecule has 0 amide bonds. The molecule has 22 heavy (non-hydrogen) atoms. The predicted molar refractivity (Wildman–Crippen MR) is 90.6 cm³/mol. The molecule has 1 aliphatic carbocycles. The highest BCUT2D eigenvalue weighted by Gasteiger charge is 2.25. The third kappa shape index (κ3) is 5.47. The Morgan fingerprint density at radius 3 is 2.64 bits per heavy atom. The monoisotopic (exact) mass is 302 g/mol. The van der Waals surface area contributed by atoms with Crippen molar-refractivity contribution in [3.8, 4) is 0 Å². The Kier molecular flexibility index (Phi) is 6.48. The number of hydrogen-bond acceptors (Lipinski definition) is 2. The molecule has 2 rings (SSSR count). The third-order valence-electron chi connectivity index (χ3n) is 4.76. The summed E-state index contributed by atoms with van der Waals surface area (Å²) in [5.41, 5.74) is 1.34. The number of carbonyl (C=O) groups excluding carboxylic acids is 1. The molecule has 1 saturated carbocycles. The van der Waals surface area contributed by atoms with Crippen molar-refractivity contribution in [2.24, 2.45) is 17.8 Å². The number of benzene rings is 1. The second kappa shape index (κ2) is 8.36. The van der Waals surface area contributed by atoms with E-state index in [1.54, 1.807) is 0 Å². The van der Waals surface area contributed by atoms with Crippen LogP contribution in [0.3, 0.4) is 0 Å². The largest absolute Gasteiger partial charge is 0.462 e. The number of carbonyl (C=O) groups is 1. The van der Waals surface area contributed by atoms with E-state index in [2.05, 4.69) is 38.1 Å². The summed E-state index contributed by atoms with van der Waals surface area (Å²) in [6, 6.07) is 10.5. The molecule has 4 atom stereocenters. The zero-order valence-corrected chi connectivity index (χ0v) is 14.3. The van der Waals surface area contributed by atoms with Gasteiger partial charge in [-0.3, -0.25) is 4.79 Å². The molecule has 1 fully saturated rings. The van der Waals surface area contributed by atoms with Gasteiger partial charge in [0.1, 0.15) is 6.10 Å². The summed E-state index contributed by atoms with van der Waals surface area (Å²) in [7, 11) is 0. The highest BCUT2D eigenvalue weighted by Crippen LogP contribution is 2.27. The van der Waals surface area contributed by atoms with Gasteiger partial charge in [-0.25, -0.2) is 0 Å². The van der Waals surface area contributed by atoms with Gasteiger partial charge in [-0.05, 0) is 49.5 Å². The van der Waals surface area contributed by atoms with E-state index in [0.717, 1.165) is 25.7 Å². The summed E-state index contributed by atoms with van der Waals surface area (Å²) in [6.45, 7) is 6.49. The van der Waals surface area contributed by atoms with E-state index in [-0.39, 0.29) is 18.0 Å². The van der Waals surface area contributed by atoms with Crippen LogP contribution in [0, 0.1) is 17.8 Å². The summed E-state index contributed by atoms with van der Waals surface area (Å²) < 4.78 is 5.74. The zero-order chi connectivity index (χ0) is 15.9. The average Bonchev–Trinajstić information content (AvgIpc) is 2.48. The molecule has 0 saturated heterocycles. The first-order valence-electron chi connectivity index (χ1n) is 8.79. The molecule has 4 unspecified atom stereocenters. The van der Waals surface area contributed by atoms with Gasteiger partial charge in [0.15, 0.2) is 0 Å². The lowest BCUT2D eigenvalue weighted by atomic mass is 9.88. The zero-order valence-electron chi connectivity index (χ0n) is 14.3. The molecule has 0 spiro atoms. The highest BCUT2D eigenvalue weighted by atomic mass is 16.5. The van der Waals surface area contributed by atoms with Crippen molar-refractivity contribution in [3.05, 3.63) is 35.9 Å². The summed E-state index contributed by atoms with van der Waals surface area (Å²) in [5.74, 6) is 1.18. The lowest BCUT2D eigenvalue weighted by Crippen LogP contribution is -2.28. The molecule has 1 aliphatic rings. The fourth-order valence-corrected chi connectivity index (χ4v) is 3.57. The standard InChI is InChI=1S/C20H30O2/c1-15-8-7-11-19(14-15)22-20(21)17(3)12-16(2)13-18-9-5-4-6-10-18/h4-6,9-10,15-17,19H,7-8,11-14H2,1-3H3. The minimum absolute atomic E-state index is 0.000915. The fourth-order valence-electron chi connectivity index (χ4n) is 3.57. The summed E-state index contributed by atoms with van der Waals surface area (Å²) in [6.07, 6.45) is 6.63. The van der Waals surface area contributed by atoms with Gasteiger partial charge in [0, 0.05) is 0 Å². The lowest BCUT2D eigenvalue weighted by molar-refractivity contribution is -0.156. The van der Waals surface area contributed by atoms with E-state index in [1.807, 2.05) is 13.0 Å². The highest BCUT2D eigenvalue weighted by molar-refractivity contribution is 5.72. The second-order valence-corrected chi connectivity index (χ2v) is 7.26. The van der Waals surface area contributed by atoms with Crippen molar-refractivity contribution in [1.82, 2.24) is 0 Å². The van der Waals surface area contributed by atoms with E-state index in [1.165, 1.54) is 18.4 Å². The smallest absolute Gasteiger partial charge is 0.308 e. The molecule has 122 valence electrons. The predicted octanol–water partition coefficient (Wildman–Crippen LogP) is 5.01. The Morgan fingerprint density at radius 1 is 1.23 bits per heavy atom. The number of esters is 1. The van der Waals surface area contributed by atoms with Crippen LogP contribution in [0.1, 0.15) is 58.4 Å². The number of hydrogen-bond donors (Lipinski definition) is 0. The topological polar surface area (TPSA) is 26.3 Å². The normalized spacial score (nSPS) is 24.5. The molecule has 1 aromatic carbocycles. The van der Waals surface area contributed by atoms with Crippen molar-refractivity contribution in [2.75, 3.05) is 0 Å². The molecule has 0 N–H and O–H groups in total. The maximum Gasteiger partial charge on any atom is 0.308 e. The molecule has 0 aromatic heterocycles. The van der Waals surface area contributed by atoms with Crippen LogP contribution in [0.5, 0.6) is 0 Å². The van der Waals surface area contributed by atoms with Crippen LogP contribution in [0.2, 0.25) is 0 Å². The quantitative estimate of drug-likeness (QED) is 0.690. The first-order chi connectivity index (χ1) is 10.5. The van der Waals surface area contributed by atoms with Crippen LogP contribution in [0.15, 0.2) is 30.3 Å². The van der Waals surface area contributed by atoms with Crippen LogP contribution in [-0.4, -0.2) is 12.1 Å². The number of ether oxygens (including phenoxy) is 1. The van der Waals surface area contributed by atoms with Crippen LogP contribution in [-0.2, 0) is 16.0 Å². The first kappa shape index (κ1) is 17.1. The maximum absolute atomic E-state index is 12.3. The van der Waals surface area contributed by atoms with E-state index >= 15 is 0 Å². The van der Waals surface area contributed by atoms with Gasteiger partial charge < -0.3 is 4.74 Å². The molecule has 1 aromatic rings. The fraction of sp³-hybridized carbons (Fsp3) is 0.650.